The van der Waals surface area contributed by atoms with E-state index in [1.165, 1.54) is 0 Å². The van der Waals surface area contributed by atoms with Gasteiger partial charge in [-0.05, 0) is 37.8 Å². The van der Waals surface area contributed by atoms with Crippen molar-refractivity contribution < 1.29 is 19.4 Å². The van der Waals surface area contributed by atoms with Crippen LogP contribution in [0, 0.1) is 0 Å². The lowest BCUT2D eigenvalue weighted by atomic mass is 9.98. The fourth-order valence-corrected chi connectivity index (χ4v) is 2.89. The van der Waals surface area contributed by atoms with Gasteiger partial charge in [-0.15, -0.1) is 0 Å². The van der Waals surface area contributed by atoms with Crippen molar-refractivity contribution in [3.8, 4) is 5.75 Å². The van der Waals surface area contributed by atoms with Crippen LogP contribution >= 0.6 is 11.6 Å². The first-order valence-corrected chi connectivity index (χ1v) is 7.84. The number of para-hydroxylation sites is 1. The molecule has 0 bridgehead atoms. The van der Waals surface area contributed by atoms with Crippen LogP contribution < -0.4 is 4.74 Å². The molecule has 0 radical (unpaired) electrons. The zero-order valence-corrected chi connectivity index (χ0v) is 13.1. The lowest BCUT2D eigenvalue weighted by Crippen LogP contribution is -2.46. The minimum absolute atomic E-state index is 0.00723. The summed E-state index contributed by atoms with van der Waals surface area (Å²) in [5.41, 5.74) is 0. The fraction of sp³-hybridized carbons (Fsp3) is 0.500. The van der Waals surface area contributed by atoms with Crippen LogP contribution in [0.2, 0.25) is 5.02 Å². The van der Waals surface area contributed by atoms with Crippen LogP contribution in [0.5, 0.6) is 5.75 Å². The van der Waals surface area contributed by atoms with E-state index in [2.05, 4.69) is 0 Å². The molecule has 0 aliphatic carbocycles. The van der Waals surface area contributed by atoms with E-state index >= 15 is 0 Å². The summed E-state index contributed by atoms with van der Waals surface area (Å²) < 4.78 is 5.49. The van der Waals surface area contributed by atoms with E-state index in [1.54, 1.807) is 29.2 Å². The van der Waals surface area contributed by atoms with E-state index in [0.717, 1.165) is 19.3 Å². The number of amides is 1. The van der Waals surface area contributed by atoms with Gasteiger partial charge in [0.1, 0.15) is 5.75 Å². The summed E-state index contributed by atoms with van der Waals surface area (Å²) in [6.07, 6.45) is 3.40. The van der Waals surface area contributed by atoms with Crippen LogP contribution in [0.15, 0.2) is 24.3 Å². The molecule has 2 rings (SSSR count). The Morgan fingerprint density at radius 1 is 1.32 bits per heavy atom. The lowest BCUT2D eigenvalue weighted by Gasteiger charge is -2.35. The Labute approximate surface area is 134 Å². The Morgan fingerprint density at radius 2 is 2.09 bits per heavy atom. The predicted octanol–water partition coefficient (Wildman–Crippen LogP) is 2.96. The van der Waals surface area contributed by atoms with Crippen molar-refractivity contribution in [3.63, 3.8) is 0 Å². The molecule has 6 heteroatoms. The predicted molar refractivity (Wildman–Crippen MR) is 83.2 cm³/mol. The highest BCUT2D eigenvalue weighted by Crippen LogP contribution is 2.24. The van der Waals surface area contributed by atoms with E-state index in [4.69, 9.17) is 21.4 Å². The van der Waals surface area contributed by atoms with E-state index in [-0.39, 0.29) is 25.0 Å². The minimum atomic E-state index is -0.828. The van der Waals surface area contributed by atoms with Crippen molar-refractivity contribution in [2.75, 3.05) is 13.2 Å². The summed E-state index contributed by atoms with van der Waals surface area (Å²) >= 11 is 5.99. The number of halogens is 1. The van der Waals surface area contributed by atoms with E-state index in [0.29, 0.717) is 23.7 Å². The van der Waals surface area contributed by atoms with Gasteiger partial charge in [-0.2, -0.15) is 0 Å². The summed E-state index contributed by atoms with van der Waals surface area (Å²) in [5, 5.41) is 9.28. The fourth-order valence-electron chi connectivity index (χ4n) is 2.70. The molecule has 0 aromatic heterocycles. The van der Waals surface area contributed by atoms with Gasteiger partial charge in [-0.25, -0.2) is 0 Å². The van der Waals surface area contributed by atoms with Gasteiger partial charge in [0.2, 0.25) is 0 Å². The van der Waals surface area contributed by atoms with Crippen LogP contribution in [0.1, 0.15) is 32.1 Å². The molecule has 1 amide bonds. The van der Waals surface area contributed by atoms with E-state index in [9.17, 15) is 9.59 Å². The number of nitrogens with zero attached hydrogens (tertiary/aromatic N) is 1. The third-order valence-corrected chi connectivity index (χ3v) is 4.14. The second kappa shape index (κ2) is 8.03. The van der Waals surface area contributed by atoms with Crippen molar-refractivity contribution in [1.82, 2.24) is 4.90 Å². The van der Waals surface area contributed by atoms with Crippen LogP contribution in [0.3, 0.4) is 0 Å². The van der Waals surface area contributed by atoms with Gasteiger partial charge in [-0.1, -0.05) is 23.7 Å². The molecule has 1 aliphatic heterocycles. The van der Waals surface area contributed by atoms with Gasteiger partial charge in [0.05, 0.1) is 5.02 Å². The molecule has 5 nitrogen and oxygen atoms in total. The highest BCUT2D eigenvalue weighted by Gasteiger charge is 2.27. The van der Waals surface area contributed by atoms with Crippen molar-refractivity contribution in [2.45, 2.75) is 38.1 Å². The van der Waals surface area contributed by atoms with Gasteiger partial charge in [0, 0.05) is 19.0 Å². The third-order valence-electron chi connectivity index (χ3n) is 3.83. The second-order valence-corrected chi connectivity index (χ2v) is 5.80. The molecule has 1 fully saturated rings. The second-order valence-electron chi connectivity index (χ2n) is 5.39. The first kappa shape index (κ1) is 16.6. The number of carboxylic acids is 1. The molecule has 0 spiro atoms. The molecule has 120 valence electrons. The van der Waals surface area contributed by atoms with Crippen LogP contribution in [-0.4, -0.2) is 41.1 Å². The van der Waals surface area contributed by atoms with Crippen LogP contribution in [-0.2, 0) is 9.59 Å². The van der Waals surface area contributed by atoms with Crippen LogP contribution in [0.4, 0.5) is 0 Å². The zero-order valence-electron chi connectivity index (χ0n) is 12.3. The molecular formula is C16H20ClNO4. The van der Waals surface area contributed by atoms with Gasteiger partial charge in [-0.3, -0.25) is 9.59 Å². The lowest BCUT2D eigenvalue weighted by molar-refractivity contribution is -0.141. The quantitative estimate of drug-likeness (QED) is 0.873. The Kier molecular flexibility index (Phi) is 6.07. The number of carbonyl (C=O) groups excluding carboxylic acids is 1. The van der Waals surface area contributed by atoms with Gasteiger partial charge in [0.25, 0.3) is 5.91 Å². The topological polar surface area (TPSA) is 66.8 Å². The maximum absolute atomic E-state index is 12.3. The molecule has 1 aliphatic rings. The number of rotatable bonds is 6. The van der Waals surface area contributed by atoms with Crippen LogP contribution in [0.25, 0.3) is 0 Å². The molecule has 22 heavy (non-hydrogen) atoms. The Balaban J connectivity index is 1.91. The van der Waals surface area contributed by atoms with Crippen molar-refractivity contribution in [1.29, 1.82) is 0 Å². The monoisotopic (exact) mass is 325 g/mol. The molecule has 1 aromatic rings. The number of benzene rings is 1. The summed E-state index contributed by atoms with van der Waals surface area (Å²) in [7, 11) is 0. The summed E-state index contributed by atoms with van der Waals surface area (Å²) in [6, 6.07) is 7.00. The first-order valence-electron chi connectivity index (χ1n) is 7.46. The average molecular weight is 326 g/mol. The number of hydrogen-bond donors (Lipinski definition) is 1. The normalized spacial score (nSPS) is 18.0. The van der Waals surface area contributed by atoms with E-state index in [1.807, 2.05) is 0 Å². The van der Waals surface area contributed by atoms with Crippen molar-refractivity contribution >= 4 is 23.5 Å². The number of likely N-dealkylation sites (tertiary alicyclic amines) is 1. The minimum Gasteiger partial charge on any atom is -0.482 e. The number of hydrogen-bond acceptors (Lipinski definition) is 3. The Morgan fingerprint density at radius 3 is 2.82 bits per heavy atom. The van der Waals surface area contributed by atoms with Crippen molar-refractivity contribution in [2.24, 2.45) is 0 Å². The summed E-state index contributed by atoms with van der Waals surface area (Å²) in [4.78, 5) is 24.8. The van der Waals surface area contributed by atoms with Crippen molar-refractivity contribution in [3.05, 3.63) is 29.3 Å². The molecule has 1 N–H and O–H groups in total. The smallest absolute Gasteiger partial charge is 0.303 e. The molecule has 1 saturated heterocycles. The van der Waals surface area contributed by atoms with E-state index < -0.39 is 5.97 Å². The SMILES string of the molecule is O=C(O)CCC1CCCCN1C(=O)COc1ccccc1Cl. The van der Waals surface area contributed by atoms with Gasteiger partial charge < -0.3 is 14.7 Å². The third kappa shape index (κ3) is 4.63. The Bertz CT molecular complexity index is 535. The number of piperidine rings is 1. The standard InChI is InChI=1S/C16H20ClNO4/c17-13-6-1-2-7-14(13)22-11-15(19)18-10-4-3-5-12(18)8-9-16(20)21/h1-2,6-7,12H,3-5,8-11H2,(H,20,21). The number of carboxylic acid groups (broad SMARTS) is 1. The highest BCUT2D eigenvalue weighted by molar-refractivity contribution is 6.32. The largest absolute Gasteiger partial charge is 0.482 e. The average Bonchev–Trinajstić information content (AvgIpc) is 2.52. The molecule has 1 aromatic carbocycles. The number of carbonyl (C=O) groups is 2. The zero-order chi connectivity index (χ0) is 15.9. The number of ether oxygens (including phenoxy) is 1. The summed E-state index contributed by atoms with van der Waals surface area (Å²) in [5.74, 6) is -0.461. The maximum atomic E-state index is 12.3. The molecule has 1 heterocycles. The highest BCUT2D eigenvalue weighted by atomic mass is 35.5. The van der Waals surface area contributed by atoms with Gasteiger partial charge >= 0.3 is 5.97 Å². The number of aliphatic carboxylic acids is 1. The molecular weight excluding hydrogens is 306 g/mol. The first-order chi connectivity index (χ1) is 10.6. The Hall–Kier alpha value is -1.75. The maximum Gasteiger partial charge on any atom is 0.303 e. The molecule has 1 atom stereocenters. The molecule has 1 unspecified atom stereocenters. The molecule has 0 saturated carbocycles. The van der Waals surface area contributed by atoms with Gasteiger partial charge in [0.15, 0.2) is 6.61 Å². The summed E-state index contributed by atoms with van der Waals surface area (Å²) in [6.45, 7) is 0.586.